The second-order valence-corrected chi connectivity index (χ2v) is 7.53. The third kappa shape index (κ3) is 7.06. The van der Waals surface area contributed by atoms with Gasteiger partial charge in [0.05, 0.1) is 13.2 Å². The minimum Gasteiger partial charge on any atom is -0.465 e. The van der Waals surface area contributed by atoms with Crippen molar-refractivity contribution in [3.8, 4) is 0 Å². The van der Waals surface area contributed by atoms with Gasteiger partial charge in [-0.3, -0.25) is 9.36 Å². The van der Waals surface area contributed by atoms with Crippen molar-refractivity contribution in [1.82, 2.24) is 5.09 Å². The fraction of sp³-hybridized carbons (Fsp3) is 0.889. The molecule has 0 aliphatic rings. The number of carbonyl (C=O) groups excluding carboxylic acids is 1. The SMILES string of the molecule is CCOC(=O)[C@H](C)N[P@](=O)(OCC)SCCN. The summed E-state index contributed by atoms with van der Waals surface area (Å²) >= 11 is 1.10. The molecule has 3 N–H and O–H groups in total. The highest BCUT2D eigenvalue weighted by Gasteiger charge is 2.28. The van der Waals surface area contributed by atoms with Gasteiger partial charge in [-0.2, -0.15) is 0 Å². The molecule has 17 heavy (non-hydrogen) atoms. The third-order valence-corrected chi connectivity index (χ3v) is 5.93. The fourth-order valence-corrected chi connectivity index (χ4v) is 4.78. The Labute approximate surface area is 106 Å². The molecule has 0 rings (SSSR count). The maximum atomic E-state index is 12.3. The second kappa shape index (κ2) is 8.94. The molecule has 0 radical (unpaired) electrons. The molecule has 8 heteroatoms. The Morgan fingerprint density at radius 3 is 2.59 bits per heavy atom. The Morgan fingerprint density at radius 1 is 1.47 bits per heavy atom. The lowest BCUT2D eigenvalue weighted by atomic mass is 10.4. The first-order valence-corrected chi connectivity index (χ1v) is 8.74. The number of hydrogen-bond donors (Lipinski definition) is 2. The van der Waals surface area contributed by atoms with E-state index in [4.69, 9.17) is 15.0 Å². The molecule has 0 unspecified atom stereocenters. The lowest BCUT2D eigenvalue weighted by Gasteiger charge is -2.21. The van der Waals surface area contributed by atoms with E-state index in [1.807, 2.05) is 0 Å². The highest BCUT2D eigenvalue weighted by molar-refractivity contribution is 8.56. The zero-order valence-electron chi connectivity index (χ0n) is 10.5. The summed E-state index contributed by atoms with van der Waals surface area (Å²) < 4.78 is 22.3. The van der Waals surface area contributed by atoms with Crippen LogP contribution in [0.15, 0.2) is 0 Å². The molecule has 0 saturated carbocycles. The number of ether oxygens (including phenoxy) is 1. The Morgan fingerprint density at radius 2 is 2.12 bits per heavy atom. The van der Waals surface area contributed by atoms with Crippen LogP contribution >= 0.6 is 18.1 Å². The number of hydrogen-bond acceptors (Lipinski definition) is 6. The number of carbonyl (C=O) groups is 1. The molecule has 0 aromatic carbocycles. The maximum absolute atomic E-state index is 12.3. The Balaban J connectivity index is 4.41. The van der Waals surface area contributed by atoms with E-state index in [2.05, 4.69) is 5.09 Å². The number of esters is 1. The average Bonchev–Trinajstić information content (AvgIpc) is 2.27. The molecule has 0 fully saturated rings. The van der Waals surface area contributed by atoms with Crippen LogP contribution in [0.1, 0.15) is 20.8 Å². The van der Waals surface area contributed by atoms with Crippen LogP contribution in [0, 0.1) is 0 Å². The zero-order valence-corrected chi connectivity index (χ0v) is 12.2. The van der Waals surface area contributed by atoms with Gasteiger partial charge in [0.2, 0.25) is 0 Å². The molecule has 0 spiro atoms. The van der Waals surface area contributed by atoms with Crippen molar-refractivity contribution < 1.29 is 18.6 Å². The molecule has 0 amide bonds. The van der Waals surface area contributed by atoms with E-state index in [0.29, 0.717) is 25.5 Å². The van der Waals surface area contributed by atoms with Crippen LogP contribution < -0.4 is 10.8 Å². The first kappa shape index (κ1) is 16.9. The number of nitrogens with one attached hydrogen (secondary N) is 1. The summed E-state index contributed by atoms with van der Waals surface area (Å²) in [5.41, 5.74) is 5.35. The largest absolute Gasteiger partial charge is 0.465 e. The predicted octanol–water partition coefficient (Wildman–Crippen LogP) is 1.36. The van der Waals surface area contributed by atoms with Gasteiger partial charge in [-0.05, 0) is 20.8 Å². The van der Waals surface area contributed by atoms with Gasteiger partial charge in [0.25, 0.3) is 0 Å². The minimum absolute atomic E-state index is 0.291. The Bertz CT molecular complexity index is 278. The van der Waals surface area contributed by atoms with Gasteiger partial charge in [-0.1, -0.05) is 11.4 Å². The highest BCUT2D eigenvalue weighted by atomic mass is 32.7. The Kier molecular flexibility index (Phi) is 8.90. The van der Waals surface area contributed by atoms with Crippen LogP contribution in [0.25, 0.3) is 0 Å². The summed E-state index contributed by atoms with van der Waals surface area (Å²) in [6, 6.07) is -0.669. The van der Waals surface area contributed by atoms with Crippen molar-refractivity contribution in [2.75, 3.05) is 25.5 Å². The zero-order chi connectivity index (χ0) is 13.3. The average molecular weight is 284 g/mol. The van der Waals surface area contributed by atoms with Gasteiger partial charge < -0.3 is 15.0 Å². The van der Waals surface area contributed by atoms with E-state index in [1.165, 1.54) is 0 Å². The van der Waals surface area contributed by atoms with Crippen LogP contribution in [0.3, 0.4) is 0 Å². The summed E-state index contributed by atoms with van der Waals surface area (Å²) in [6.07, 6.45) is 0. The third-order valence-electron chi connectivity index (χ3n) is 1.67. The molecule has 0 aromatic rings. The van der Waals surface area contributed by atoms with E-state index >= 15 is 0 Å². The molecular weight excluding hydrogens is 263 g/mol. The molecule has 102 valence electrons. The van der Waals surface area contributed by atoms with Crippen LogP contribution in [0.4, 0.5) is 0 Å². The predicted molar refractivity (Wildman–Crippen MR) is 70.0 cm³/mol. The molecule has 6 nitrogen and oxygen atoms in total. The quantitative estimate of drug-likeness (QED) is 0.488. The van der Waals surface area contributed by atoms with E-state index in [1.54, 1.807) is 20.8 Å². The molecule has 0 aliphatic carbocycles. The van der Waals surface area contributed by atoms with Gasteiger partial charge in [0.1, 0.15) is 6.04 Å². The monoisotopic (exact) mass is 284 g/mol. The van der Waals surface area contributed by atoms with Gasteiger partial charge in [-0.15, -0.1) is 0 Å². The van der Waals surface area contributed by atoms with Crippen molar-refractivity contribution in [1.29, 1.82) is 0 Å². The summed E-state index contributed by atoms with van der Waals surface area (Å²) in [7, 11) is 0. The summed E-state index contributed by atoms with van der Waals surface area (Å²) in [6.45, 7) is 2.96. The smallest absolute Gasteiger partial charge is 0.327 e. The second-order valence-electron chi connectivity index (χ2n) is 3.14. The molecular formula is C9H21N2O4PS. The number of nitrogens with two attached hydrogens (primary N) is 1. The van der Waals surface area contributed by atoms with Crippen molar-refractivity contribution in [3.63, 3.8) is 0 Å². The van der Waals surface area contributed by atoms with Crippen LogP contribution in [-0.2, 0) is 18.6 Å². The van der Waals surface area contributed by atoms with Gasteiger partial charge >= 0.3 is 12.7 Å². The van der Waals surface area contributed by atoms with E-state index in [9.17, 15) is 9.36 Å². The molecule has 0 bridgehead atoms. The van der Waals surface area contributed by atoms with Crippen LogP contribution in [0.2, 0.25) is 0 Å². The van der Waals surface area contributed by atoms with Gasteiger partial charge in [0.15, 0.2) is 0 Å². The van der Waals surface area contributed by atoms with Crippen molar-refractivity contribution in [3.05, 3.63) is 0 Å². The molecule has 2 atom stereocenters. The molecule has 0 heterocycles. The summed E-state index contributed by atoms with van der Waals surface area (Å²) in [4.78, 5) is 11.4. The molecule has 0 aliphatic heterocycles. The highest BCUT2D eigenvalue weighted by Crippen LogP contribution is 2.55. The van der Waals surface area contributed by atoms with Crippen LogP contribution in [-0.4, -0.2) is 37.5 Å². The van der Waals surface area contributed by atoms with E-state index in [-0.39, 0.29) is 0 Å². The molecule has 0 saturated heterocycles. The maximum Gasteiger partial charge on any atom is 0.327 e. The standard InChI is InChI=1S/C9H21N2O4PS/c1-4-14-9(12)8(3)11-16(13,15-5-2)17-7-6-10/h8H,4-7,10H2,1-3H3,(H,11,13)/t8-,16-/m0/s1. The van der Waals surface area contributed by atoms with Crippen molar-refractivity contribution >= 4 is 24.1 Å². The van der Waals surface area contributed by atoms with Gasteiger partial charge in [-0.25, -0.2) is 5.09 Å². The fourth-order valence-electron chi connectivity index (χ4n) is 1.01. The van der Waals surface area contributed by atoms with Gasteiger partial charge in [0, 0.05) is 12.3 Å². The summed E-state index contributed by atoms with van der Waals surface area (Å²) in [5.74, 6) is 0.0561. The molecule has 0 aromatic heterocycles. The Hall–Kier alpha value is -0.0700. The number of rotatable bonds is 9. The minimum atomic E-state index is -3.08. The first-order valence-electron chi connectivity index (χ1n) is 5.52. The first-order chi connectivity index (χ1) is 7.99. The van der Waals surface area contributed by atoms with Crippen LogP contribution in [0.5, 0.6) is 0 Å². The van der Waals surface area contributed by atoms with Crippen molar-refractivity contribution in [2.45, 2.75) is 26.8 Å². The topological polar surface area (TPSA) is 90.6 Å². The lowest BCUT2D eigenvalue weighted by Crippen LogP contribution is -2.33. The lowest BCUT2D eigenvalue weighted by molar-refractivity contribution is -0.144. The van der Waals surface area contributed by atoms with E-state index < -0.39 is 18.7 Å². The normalized spacial score (nSPS) is 16.2. The van der Waals surface area contributed by atoms with Crippen molar-refractivity contribution in [2.24, 2.45) is 5.73 Å². The summed E-state index contributed by atoms with van der Waals surface area (Å²) in [5, 5.41) is 2.68. The van der Waals surface area contributed by atoms with E-state index in [0.717, 1.165) is 11.4 Å².